The Kier molecular flexibility index (Phi) is 4.64. The zero-order chi connectivity index (χ0) is 12.0. The smallest absolute Gasteiger partial charge is 0.311 e. The molecule has 1 aromatic carbocycles. The molecule has 0 aromatic heterocycles. The van der Waals surface area contributed by atoms with Crippen LogP contribution in [0.1, 0.15) is 19.3 Å². The predicted octanol–water partition coefficient (Wildman–Crippen LogP) is 3.23. The number of unbranched alkanes of at least 4 members (excludes halogenated alkanes) is 1. The normalized spacial score (nSPS) is 9.88. The number of halogens is 2. The Morgan fingerprint density at radius 3 is 2.81 bits per heavy atom. The number of carbonyl (C=O) groups is 1. The number of carbonyl (C=O) groups excluding carboxylic acids is 1. The molecule has 16 heavy (non-hydrogen) atoms. The van der Waals surface area contributed by atoms with Gasteiger partial charge in [0.25, 0.3) is 0 Å². The Balaban J connectivity index is 2.52. The van der Waals surface area contributed by atoms with Gasteiger partial charge in [-0.1, -0.05) is 6.08 Å². The van der Waals surface area contributed by atoms with Crippen LogP contribution in [0.2, 0.25) is 0 Å². The standard InChI is InChI=1S/C12H12F2O2/c1-2-3-4-5-12(15)16-11-7-6-9(13)8-10(11)14/h2,6-8H,1,3-5H2. The Morgan fingerprint density at radius 2 is 2.19 bits per heavy atom. The molecule has 86 valence electrons. The van der Waals surface area contributed by atoms with Crippen LogP contribution in [0.5, 0.6) is 5.75 Å². The first-order valence-electron chi connectivity index (χ1n) is 4.90. The zero-order valence-electron chi connectivity index (χ0n) is 8.71. The van der Waals surface area contributed by atoms with Crippen LogP contribution in [-0.4, -0.2) is 5.97 Å². The summed E-state index contributed by atoms with van der Waals surface area (Å²) in [5.74, 6) is -2.36. The number of esters is 1. The van der Waals surface area contributed by atoms with Crippen LogP contribution in [0, 0.1) is 11.6 Å². The third kappa shape index (κ3) is 3.81. The van der Waals surface area contributed by atoms with Gasteiger partial charge in [0.2, 0.25) is 0 Å². The van der Waals surface area contributed by atoms with Crippen molar-refractivity contribution in [2.24, 2.45) is 0 Å². The molecule has 0 spiro atoms. The van der Waals surface area contributed by atoms with Gasteiger partial charge in [-0.2, -0.15) is 0 Å². The highest BCUT2D eigenvalue weighted by Crippen LogP contribution is 2.18. The molecule has 0 N–H and O–H groups in total. The van der Waals surface area contributed by atoms with Crippen molar-refractivity contribution in [1.82, 2.24) is 0 Å². The third-order valence-electron chi connectivity index (χ3n) is 1.91. The summed E-state index contributed by atoms with van der Waals surface area (Å²) in [5, 5.41) is 0. The molecule has 0 fully saturated rings. The van der Waals surface area contributed by atoms with E-state index in [9.17, 15) is 13.6 Å². The van der Waals surface area contributed by atoms with Crippen molar-refractivity contribution in [2.75, 3.05) is 0 Å². The van der Waals surface area contributed by atoms with E-state index in [0.717, 1.165) is 12.1 Å². The van der Waals surface area contributed by atoms with Crippen molar-refractivity contribution in [3.8, 4) is 5.75 Å². The fourth-order valence-corrected chi connectivity index (χ4v) is 1.12. The highest BCUT2D eigenvalue weighted by atomic mass is 19.1. The molecule has 0 amide bonds. The van der Waals surface area contributed by atoms with Gasteiger partial charge in [-0.25, -0.2) is 8.78 Å². The average Bonchev–Trinajstić information content (AvgIpc) is 2.23. The summed E-state index contributed by atoms with van der Waals surface area (Å²) < 4.78 is 30.3. The topological polar surface area (TPSA) is 26.3 Å². The number of rotatable bonds is 5. The fraction of sp³-hybridized carbons (Fsp3) is 0.250. The first-order chi connectivity index (χ1) is 7.63. The van der Waals surface area contributed by atoms with E-state index >= 15 is 0 Å². The van der Waals surface area contributed by atoms with Crippen LogP contribution < -0.4 is 4.74 Å². The maximum Gasteiger partial charge on any atom is 0.311 e. The van der Waals surface area contributed by atoms with Gasteiger partial charge in [0.1, 0.15) is 5.82 Å². The summed E-state index contributed by atoms with van der Waals surface area (Å²) in [4.78, 5) is 11.2. The molecule has 0 bridgehead atoms. The van der Waals surface area contributed by atoms with Gasteiger partial charge < -0.3 is 4.74 Å². The molecule has 0 aliphatic rings. The first-order valence-corrected chi connectivity index (χ1v) is 4.90. The van der Waals surface area contributed by atoms with Crippen molar-refractivity contribution < 1.29 is 18.3 Å². The molecule has 0 atom stereocenters. The molecule has 0 heterocycles. The highest BCUT2D eigenvalue weighted by molar-refractivity contribution is 5.72. The molecule has 0 saturated heterocycles. The van der Waals surface area contributed by atoms with Gasteiger partial charge in [0.05, 0.1) is 0 Å². The van der Waals surface area contributed by atoms with E-state index in [1.54, 1.807) is 6.08 Å². The van der Waals surface area contributed by atoms with Gasteiger partial charge in [-0.3, -0.25) is 4.79 Å². The van der Waals surface area contributed by atoms with Crippen molar-refractivity contribution >= 4 is 5.97 Å². The molecular weight excluding hydrogens is 214 g/mol. The Morgan fingerprint density at radius 1 is 1.44 bits per heavy atom. The van der Waals surface area contributed by atoms with Crippen LogP contribution in [0.3, 0.4) is 0 Å². The van der Waals surface area contributed by atoms with Gasteiger partial charge in [0.15, 0.2) is 11.6 Å². The van der Waals surface area contributed by atoms with E-state index in [1.165, 1.54) is 0 Å². The minimum Gasteiger partial charge on any atom is -0.423 e. The largest absolute Gasteiger partial charge is 0.423 e. The lowest BCUT2D eigenvalue weighted by molar-refractivity contribution is -0.134. The van der Waals surface area contributed by atoms with Gasteiger partial charge >= 0.3 is 5.97 Å². The minimum absolute atomic E-state index is 0.183. The van der Waals surface area contributed by atoms with E-state index in [0.29, 0.717) is 18.9 Å². The lowest BCUT2D eigenvalue weighted by Crippen LogP contribution is -2.08. The highest BCUT2D eigenvalue weighted by Gasteiger charge is 2.09. The third-order valence-corrected chi connectivity index (χ3v) is 1.91. The zero-order valence-corrected chi connectivity index (χ0v) is 8.71. The summed E-state index contributed by atoms with van der Waals surface area (Å²) in [6.07, 6.45) is 3.17. The number of benzene rings is 1. The fourth-order valence-electron chi connectivity index (χ4n) is 1.12. The Hall–Kier alpha value is -1.71. The number of allylic oxidation sites excluding steroid dienone is 1. The second-order valence-electron chi connectivity index (χ2n) is 3.23. The molecule has 0 radical (unpaired) electrons. The van der Waals surface area contributed by atoms with Crippen LogP contribution in [0.25, 0.3) is 0 Å². The minimum atomic E-state index is -0.878. The van der Waals surface area contributed by atoms with Gasteiger partial charge in [-0.15, -0.1) is 6.58 Å². The van der Waals surface area contributed by atoms with E-state index in [1.807, 2.05) is 0 Å². The van der Waals surface area contributed by atoms with Crippen LogP contribution in [-0.2, 0) is 4.79 Å². The molecule has 0 unspecified atom stereocenters. The monoisotopic (exact) mass is 226 g/mol. The Labute approximate surface area is 92.5 Å². The number of hydrogen-bond acceptors (Lipinski definition) is 2. The summed E-state index contributed by atoms with van der Waals surface area (Å²) >= 11 is 0. The SMILES string of the molecule is C=CCCCC(=O)Oc1ccc(F)cc1F. The van der Waals surface area contributed by atoms with E-state index in [2.05, 4.69) is 6.58 Å². The van der Waals surface area contributed by atoms with Crippen LogP contribution in [0.4, 0.5) is 8.78 Å². The summed E-state index contributed by atoms with van der Waals surface area (Å²) in [6.45, 7) is 3.51. The summed E-state index contributed by atoms with van der Waals surface area (Å²) in [5.41, 5.74) is 0. The van der Waals surface area contributed by atoms with E-state index in [4.69, 9.17) is 4.74 Å². The number of ether oxygens (including phenoxy) is 1. The molecule has 0 aliphatic carbocycles. The molecule has 2 nitrogen and oxygen atoms in total. The second kappa shape index (κ2) is 6.00. The second-order valence-corrected chi connectivity index (χ2v) is 3.23. The number of hydrogen-bond donors (Lipinski definition) is 0. The molecule has 1 aromatic rings. The molecule has 0 saturated carbocycles. The molecule has 1 rings (SSSR count). The van der Waals surface area contributed by atoms with Gasteiger partial charge in [0, 0.05) is 12.5 Å². The van der Waals surface area contributed by atoms with E-state index < -0.39 is 17.6 Å². The molecule has 0 aliphatic heterocycles. The summed E-state index contributed by atoms with van der Waals surface area (Å²) in [7, 11) is 0. The van der Waals surface area contributed by atoms with Crippen LogP contribution >= 0.6 is 0 Å². The molecule has 4 heteroatoms. The van der Waals surface area contributed by atoms with E-state index in [-0.39, 0.29) is 12.2 Å². The maximum absolute atomic E-state index is 13.1. The van der Waals surface area contributed by atoms with Crippen molar-refractivity contribution in [3.63, 3.8) is 0 Å². The Bertz CT molecular complexity index is 389. The molecular formula is C12H12F2O2. The predicted molar refractivity (Wildman–Crippen MR) is 56.0 cm³/mol. The quantitative estimate of drug-likeness (QED) is 0.333. The lowest BCUT2D eigenvalue weighted by Gasteiger charge is -2.04. The van der Waals surface area contributed by atoms with Crippen molar-refractivity contribution in [2.45, 2.75) is 19.3 Å². The summed E-state index contributed by atoms with van der Waals surface area (Å²) in [6, 6.07) is 2.80. The van der Waals surface area contributed by atoms with Crippen LogP contribution in [0.15, 0.2) is 30.9 Å². The maximum atomic E-state index is 13.1. The van der Waals surface area contributed by atoms with Gasteiger partial charge in [-0.05, 0) is 25.0 Å². The lowest BCUT2D eigenvalue weighted by atomic mass is 10.2. The first kappa shape index (κ1) is 12.4. The van der Waals surface area contributed by atoms with Crippen molar-refractivity contribution in [1.29, 1.82) is 0 Å². The van der Waals surface area contributed by atoms with Crippen molar-refractivity contribution in [3.05, 3.63) is 42.5 Å². The average molecular weight is 226 g/mol.